The summed E-state index contributed by atoms with van der Waals surface area (Å²) in [7, 11) is 1.65. The van der Waals surface area contributed by atoms with Gasteiger partial charge in [0, 0.05) is 23.2 Å². The number of methoxy groups -OCH3 is 1. The molecule has 5 nitrogen and oxygen atoms in total. The van der Waals surface area contributed by atoms with Crippen molar-refractivity contribution in [1.82, 2.24) is 5.32 Å². The molecule has 0 bridgehead atoms. The zero-order valence-corrected chi connectivity index (χ0v) is 16.7. The van der Waals surface area contributed by atoms with Crippen molar-refractivity contribution in [2.24, 2.45) is 11.8 Å². The molecule has 0 saturated heterocycles. The molecule has 3 unspecified atom stereocenters. The lowest BCUT2D eigenvalue weighted by Gasteiger charge is -2.14. The van der Waals surface area contributed by atoms with E-state index >= 15 is 0 Å². The molecule has 0 radical (unpaired) electrons. The first-order chi connectivity index (χ1) is 13.5. The number of carbonyl (C=O) groups excluding carboxylic acids is 2. The van der Waals surface area contributed by atoms with Gasteiger partial charge in [0.15, 0.2) is 0 Å². The number of anilines is 1. The minimum absolute atomic E-state index is 0.0605. The first-order valence-corrected chi connectivity index (χ1v) is 9.81. The van der Waals surface area contributed by atoms with E-state index in [9.17, 15) is 9.59 Å². The van der Waals surface area contributed by atoms with Crippen LogP contribution in [-0.4, -0.2) is 25.0 Å². The van der Waals surface area contributed by atoms with Gasteiger partial charge in [0.25, 0.3) is 5.91 Å². The number of ether oxygens (including phenoxy) is 1. The van der Waals surface area contributed by atoms with Gasteiger partial charge in [-0.1, -0.05) is 19.1 Å². The minimum Gasteiger partial charge on any atom is -0.497 e. The summed E-state index contributed by atoms with van der Waals surface area (Å²) in [4.78, 5) is 24.4. The number of benzene rings is 2. The maximum absolute atomic E-state index is 12.4. The molecular formula is C23H28N2O3. The number of hydrogen-bond donors (Lipinski definition) is 2. The second-order valence-corrected chi connectivity index (χ2v) is 7.65. The Kier molecular flexibility index (Phi) is 6.34. The second kappa shape index (κ2) is 8.91. The SMILES string of the molecule is COc1ccc(CCC(C)NC(=O)c2ccc(NC(=O)C3CC3C)cc2)cc1. The van der Waals surface area contributed by atoms with Crippen molar-refractivity contribution >= 4 is 17.5 Å². The largest absolute Gasteiger partial charge is 0.497 e. The molecule has 0 spiro atoms. The number of hydrogen-bond acceptors (Lipinski definition) is 3. The van der Waals surface area contributed by atoms with Crippen molar-refractivity contribution in [2.75, 3.05) is 12.4 Å². The quantitative estimate of drug-likeness (QED) is 0.726. The number of carbonyl (C=O) groups is 2. The molecule has 28 heavy (non-hydrogen) atoms. The van der Waals surface area contributed by atoms with E-state index in [1.165, 1.54) is 5.56 Å². The standard InChI is InChI=1S/C23H28N2O3/c1-15-14-21(15)23(27)25-19-10-8-18(9-11-19)22(26)24-16(2)4-5-17-6-12-20(28-3)13-7-17/h6-13,15-16,21H,4-5,14H2,1-3H3,(H,24,26)(H,25,27). The topological polar surface area (TPSA) is 67.4 Å². The predicted octanol–water partition coefficient (Wildman–Crippen LogP) is 4.04. The van der Waals surface area contributed by atoms with Gasteiger partial charge >= 0.3 is 0 Å². The molecule has 1 fully saturated rings. The summed E-state index contributed by atoms with van der Waals surface area (Å²) in [5.41, 5.74) is 2.54. The zero-order valence-electron chi connectivity index (χ0n) is 16.7. The molecule has 2 N–H and O–H groups in total. The highest BCUT2D eigenvalue weighted by Gasteiger charge is 2.39. The van der Waals surface area contributed by atoms with E-state index in [0.717, 1.165) is 30.7 Å². The molecule has 1 saturated carbocycles. The Bertz CT molecular complexity index is 815. The maximum Gasteiger partial charge on any atom is 0.251 e. The third-order valence-electron chi connectivity index (χ3n) is 5.26. The monoisotopic (exact) mass is 380 g/mol. The lowest BCUT2D eigenvalue weighted by molar-refractivity contribution is -0.117. The third kappa shape index (κ3) is 5.35. The number of aryl methyl sites for hydroxylation is 1. The summed E-state index contributed by atoms with van der Waals surface area (Å²) in [6, 6.07) is 15.1. The summed E-state index contributed by atoms with van der Waals surface area (Å²) in [6.45, 7) is 4.08. The number of nitrogens with one attached hydrogen (secondary N) is 2. The van der Waals surface area contributed by atoms with Gasteiger partial charge in [-0.25, -0.2) is 0 Å². The van der Waals surface area contributed by atoms with Crippen LogP contribution in [0, 0.1) is 11.8 Å². The van der Waals surface area contributed by atoms with E-state index in [0.29, 0.717) is 11.5 Å². The van der Waals surface area contributed by atoms with Gasteiger partial charge in [-0.3, -0.25) is 9.59 Å². The van der Waals surface area contributed by atoms with E-state index in [1.54, 1.807) is 31.4 Å². The van der Waals surface area contributed by atoms with Crippen molar-refractivity contribution < 1.29 is 14.3 Å². The molecule has 1 aliphatic rings. The molecule has 0 aliphatic heterocycles. The van der Waals surface area contributed by atoms with E-state index in [-0.39, 0.29) is 23.8 Å². The van der Waals surface area contributed by atoms with Crippen LogP contribution in [0.15, 0.2) is 48.5 Å². The molecule has 2 aromatic rings. The lowest BCUT2D eigenvalue weighted by atomic mass is 10.1. The highest BCUT2D eigenvalue weighted by molar-refractivity contribution is 5.97. The van der Waals surface area contributed by atoms with E-state index < -0.39 is 0 Å². The second-order valence-electron chi connectivity index (χ2n) is 7.65. The van der Waals surface area contributed by atoms with Gasteiger partial charge in [-0.15, -0.1) is 0 Å². The molecule has 1 aliphatic carbocycles. The van der Waals surface area contributed by atoms with Gasteiger partial charge < -0.3 is 15.4 Å². The Hall–Kier alpha value is -2.82. The molecule has 3 rings (SSSR count). The van der Waals surface area contributed by atoms with Crippen molar-refractivity contribution in [2.45, 2.75) is 39.2 Å². The van der Waals surface area contributed by atoms with E-state index in [2.05, 4.69) is 17.6 Å². The van der Waals surface area contributed by atoms with Crippen LogP contribution in [-0.2, 0) is 11.2 Å². The summed E-state index contributed by atoms with van der Waals surface area (Å²) in [6.07, 6.45) is 2.70. The zero-order chi connectivity index (χ0) is 20.1. The molecule has 0 aromatic heterocycles. The summed E-state index contributed by atoms with van der Waals surface area (Å²) in [5, 5.41) is 5.94. The van der Waals surface area contributed by atoms with Crippen LogP contribution in [0.1, 0.15) is 42.6 Å². The van der Waals surface area contributed by atoms with E-state index in [1.807, 2.05) is 31.2 Å². The van der Waals surface area contributed by atoms with Crippen LogP contribution < -0.4 is 15.4 Å². The Morgan fingerprint density at radius 3 is 2.32 bits per heavy atom. The first-order valence-electron chi connectivity index (χ1n) is 9.81. The van der Waals surface area contributed by atoms with Crippen molar-refractivity contribution in [3.8, 4) is 5.75 Å². The Morgan fingerprint density at radius 2 is 1.75 bits per heavy atom. The fraction of sp³-hybridized carbons (Fsp3) is 0.391. The normalized spacial score (nSPS) is 18.8. The molecule has 2 aromatic carbocycles. The lowest BCUT2D eigenvalue weighted by Crippen LogP contribution is -2.32. The smallest absolute Gasteiger partial charge is 0.251 e. The molecular weight excluding hydrogens is 352 g/mol. The average molecular weight is 380 g/mol. The van der Waals surface area contributed by atoms with Gasteiger partial charge in [0.05, 0.1) is 7.11 Å². The van der Waals surface area contributed by atoms with Gasteiger partial charge in [0.2, 0.25) is 5.91 Å². The van der Waals surface area contributed by atoms with Crippen molar-refractivity contribution in [3.05, 3.63) is 59.7 Å². The van der Waals surface area contributed by atoms with Gasteiger partial charge in [0.1, 0.15) is 5.75 Å². The van der Waals surface area contributed by atoms with Crippen molar-refractivity contribution in [3.63, 3.8) is 0 Å². The highest BCUT2D eigenvalue weighted by atomic mass is 16.5. The Labute approximate surface area is 166 Å². The van der Waals surface area contributed by atoms with Crippen LogP contribution in [0.4, 0.5) is 5.69 Å². The molecule has 148 valence electrons. The fourth-order valence-electron chi connectivity index (χ4n) is 3.18. The number of amides is 2. The summed E-state index contributed by atoms with van der Waals surface area (Å²) < 4.78 is 5.17. The van der Waals surface area contributed by atoms with Crippen LogP contribution in [0.5, 0.6) is 5.75 Å². The summed E-state index contributed by atoms with van der Waals surface area (Å²) in [5.74, 6) is 1.42. The molecule has 5 heteroatoms. The van der Waals surface area contributed by atoms with Crippen LogP contribution in [0.2, 0.25) is 0 Å². The molecule has 3 atom stereocenters. The maximum atomic E-state index is 12.4. The van der Waals surface area contributed by atoms with E-state index in [4.69, 9.17) is 4.74 Å². The first kappa shape index (κ1) is 19.9. The molecule has 0 heterocycles. The number of rotatable bonds is 8. The fourth-order valence-corrected chi connectivity index (χ4v) is 3.18. The highest BCUT2D eigenvalue weighted by Crippen LogP contribution is 2.38. The Balaban J connectivity index is 1.45. The van der Waals surface area contributed by atoms with Crippen LogP contribution in [0.3, 0.4) is 0 Å². The van der Waals surface area contributed by atoms with Crippen LogP contribution >= 0.6 is 0 Å². The van der Waals surface area contributed by atoms with Gasteiger partial charge in [-0.05, 0) is 74.1 Å². The average Bonchev–Trinajstić information content (AvgIpc) is 3.44. The van der Waals surface area contributed by atoms with Gasteiger partial charge in [-0.2, -0.15) is 0 Å². The summed E-state index contributed by atoms with van der Waals surface area (Å²) >= 11 is 0. The minimum atomic E-state index is -0.101. The molecule has 2 amide bonds. The Morgan fingerprint density at radius 1 is 1.11 bits per heavy atom. The predicted molar refractivity (Wildman–Crippen MR) is 111 cm³/mol. The van der Waals surface area contributed by atoms with Crippen molar-refractivity contribution in [1.29, 1.82) is 0 Å². The third-order valence-corrected chi connectivity index (χ3v) is 5.26. The van der Waals surface area contributed by atoms with Crippen LogP contribution in [0.25, 0.3) is 0 Å².